The molecule has 1 aromatic carbocycles. The van der Waals surface area contributed by atoms with E-state index in [1.807, 2.05) is 12.1 Å². The third kappa shape index (κ3) is 3.18. The summed E-state index contributed by atoms with van der Waals surface area (Å²) in [6, 6.07) is 3.98. The van der Waals surface area contributed by atoms with Crippen molar-refractivity contribution < 1.29 is 24.4 Å². The monoisotopic (exact) mass is 454 g/mol. The molecule has 5 nitrogen and oxygen atoms in total. The van der Waals surface area contributed by atoms with E-state index in [9.17, 15) is 10.2 Å². The summed E-state index contributed by atoms with van der Waals surface area (Å²) in [5.41, 5.74) is 2.45. The fourth-order valence-electron chi connectivity index (χ4n) is 8.68. The molecule has 8 atom stereocenters. The molecule has 0 bridgehead atoms. The summed E-state index contributed by atoms with van der Waals surface area (Å²) in [5.74, 6) is 4.64. The predicted octanol–water partition coefficient (Wildman–Crippen LogP) is 5.18. The summed E-state index contributed by atoms with van der Waals surface area (Å²) in [7, 11) is 1.65. The Balaban J connectivity index is 1.30. The number of rotatable bonds is 2. The first-order chi connectivity index (χ1) is 15.8. The Bertz CT molecular complexity index is 971. The van der Waals surface area contributed by atoms with Gasteiger partial charge >= 0.3 is 0 Å². The van der Waals surface area contributed by atoms with Crippen molar-refractivity contribution in [3.05, 3.63) is 23.3 Å². The molecule has 0 amide bonds. The normalized spacial score (nSPS) is 44.8. The van der Waals surface area contributed by atoms with Crippen molar-refractivity contribution >= 4 is 6.08 Å². The zero-order valence-corrected chi connectivity index (χ0v) is 20.2. The quantitative estimate of drug-likeness (QED) is 0.644. The van der Waals surface area contributed by atoms with Crippen molar-refractivity contribution in [2.75, 3.05) is 13.9 Å². The smallest absolute Gasteiger partial charge is 0.231 e. The number of ether oxygens (including phenoxy) is 3. The standard InChI is InChI=1S/C28H38O5/c1-27-8-6-19(29)14-18(27)4-5-20-21(27)7-9-28(2)22(20)13-17(26(28)30)10-16-11-23(31-3)25-24(12-16)32-15-33-25/h10-12,18-22,26,29-30H,4-9,13-15H2,1-3H3/b17-10+/t18-,19+,20+,21-,22-,26-,27-,28-/m0/s1. The van der Waals surface area contributed by atoms with Gasteiger partial charge in [0, 0.05) is 5.41 Å². The maximum absolute atomic E-state index is 11.6. The maximum atomic E-state index is 11.6. The molecule has 0 radical (unpaired) electrons. The molecule has 1 heterocycles. The molecule has 33 heavy (non-hydrogen) atoms. The van der Waals surface area contributed by atoms with Crippen LogP contribution in [0.25, 0.3) is 6.08 Å². The number of methoxy groups -OCH3 is 1. The second kappa shape index (κ2) is 7.64. The van der Waals surface area contributed by atoms with Crippen LogP contribution in [0.1, 0.15) is 70.8 Å². The molecule has 4 aliphatic carbocycles. The van der Waals surface area contributed by atoms with Crippen molar-refractivity contribution in [3.63, 3.8) is 0 Å². The third-order valence-electron chi connectivity index (χ3n) is 10.5. The van der Waals surface area contributed by atoms with Crippen LogP contribution in [0, 0.1) is 34.5 Å². The van der Waals surface area contributed by atoms with E-state index in [4.69, 9.17) is 14.2 Å². The van der Waals surface area contributed by atoms with Crippen LogP contribution in [0.5, 0.6) is 17.2 Å². The number of hydrogen-bond acceptors (Lipinski definition) is 5. The van der Waals surface area contributed by atoms with Crippen LogP contribution in [0.3, 0.4) is 0 Å². The molecule has 4 saturated carbocycles. The Kier molecular flexibility index (Phi) is 5.05. The molecule has 0 saturated heterocycles. The average Bonchev–Trinajstić information content (AvgIpc) is 3.37. The van der Waals surface area contributed by atoms with Crippen LogP contribution >= 0.6 is 0 Å². The Morgan fingerprint density at radius 1 is 1.00 bits per heavy atom. The predicted molar refractivity (Wildman–Crippen MR) is 126 cm³/mol. The number of aliphatic hydroxyl groups excluding tert-OH is 2. The molecular weight excluding hydrogens is 416 g/mol. The van der Waals surface area contributed by atoms with Crippen LogP contribution in [0.2, 0.25) is 0 Å². The lowest BCUT2D eigenvalue weighted by atomic mass is 9.45. The van der Waals surface area contributed by atoms with Gasteiger partial charge in [0.1, 0.15) is 0 Å². The molecule has 0 spiro atoms. The lowest BCUT2D eigenvalue weighted by molar-refractivity contribution is -0.133. The molecule has 1 aliphatic heterocycles. The van der Waals surface area contributed by atoms with Crippen molar-refractivity contribution in [1.82, 2.24) is 0 Å². The second-order valence-corrected chi connectivity index (χ2v) is 11.9. The first kappa shape index (κ1) is 21.8. The molecule has 6 rings (SSSR count). The van der Waals surface area contributed by atoms with Crippen molar-refractivity contribution in [2.24, 2.45) is 34.5 Å². The summed E-state index contributed by atoms with van der Waals surface area (Å²) in [6.45, 7) is 5.07. The molecule has 5 heteroatoms. The van der Waals surface area contributed by atoms with Gasteiger partial charge in [0.15, 0.2) is 11.5 Å². The second-order valence-electron chi connectivity index (χ2n) is 11.9. The van der Waals surface area contributed by atoms with Crippen molar-refractivity contribution in [2.45, 2.75) is 77.4 Å². The lowest BCUT2D eigenvalue weighted by Crippen LogP contribution is -2.54. The molecule has 0 aromatic heterocycles. The molecule has 5 aliphatic rings. The van der Waals surface area contributed by atoms with Crippen LogP contribution in [0.4, 0.5) is 0 Å². The molecule has 1 aromatic rings. The van der Waals surface area contributed by atoms with Gasteiger partial charge < -0.3 is 24.4 Å². The van der Waals surface area contributed by atoms with Gasteiger partial charge in [-0.15, -0.1) is 0 Å². The van der Waals surface area contributed by atoms with E-state index in [-0.39, 0.29) is 18.3 Å². The SMILES string of the molecule is COc1cc(/C=C2\C[C@H]3[C@@H]4CC[C@H]5C[C@H](O)CC[C@]5(C)[C@H]4CC[C@]3(C)[C@H]2O)cc2c1OCO2. The molecule has 4 fully saturated rings. The Morgan fingerprint density at radius 3 is 2.64 bits per heavy atom. The number of aliphatic hydroxyl groups is 2. The Morgan fingerprint density at radius 2 is 1.82 bits per heavy atom. The van der Waals surface area contributed by atoms with Gasteiger partial charge in [-0.2, -0.15) is 0 Å². The first-order valence-electron chi connectivity index (χ1n) is 12.9. The Labute approximate surface area is 197 Å². The minimum atomic E-state index is -0.404. The molecule has 180 valence electrons. The van der Waals surface area contributed by atoms with E-state index in [1.54, 1.807) is 7.11 Å². The van der Waals surface area contributed by atoms with E-state index in [0.29, 0.717) is 40.4 Å². The summed E-state index contributed by atoms with van der Waals surface area (Å²) < 4.78 is 16.7. The highest BCUT2D eigenvalue weighted by atomic mass is 16.7. The molecular formula is C28H38O5. The number of benzene rings is 1. The maximum Gasteiger partial charge on any atom is 0.231 e. The van der Waals surface area contributed by atoms with Gasteiger partial charge in [-0.1, -0.05) is 19.9 Å². The number of hydrogen-bond donors (Lipinski definition) is 2. The molecule has 2 N–H and O–H groups in total. The van der Waals surface area contributed by atoms with Crippen LogP contribution < -0.4 is 14.2 Å². The molecule has 0 unspecified atom stereocenters. The highest BCUT2D eigenvalue weighted by molar-refractivity contribution is 5.65. The van der Waals surface area contributed by atoms with E-state index in [0.717, 1.165) is 49.2 Å². The zero-order valence-electron chi connectivity index (χ0n) is 20.2. The highest BCUT2D eigenvalue weighted by Crippen LogP contribution is 2.67. The average molecular weight is 455 g/mol. The van der Waals surface area contributed by atoms with Crippen molar-refractivity contribution in [3.8, 4) is 17.2 Å². The van der Waals surface area contributed by atoms with E-state index in [2.05, 4.69) is 19.9 Å². The van der Waals surface area contributed by atoms with E-state index >= 15 is 0 Å². The van der Waals surface area contributed by atoms with E-state index < -0.39 is 6.10 Å². The van der Waals surface area contributed by atoms with Gasteiger partial charge in [-0.3, -0.25) is 0 Å². The van der Waals surface area contributed by atoms with Gasteiger partial charge in [0.25, 0.3) is 0 Å². The van der Waals surface area contributed by atoms with Gasteiger partial charge in [-0.25, -0.2) is 0 Å². The van der Waals surface area contributed by atoms with E-state index in [1.165, 1.54) is 19.3 Å². The minimum absolute atomic E-state index is 0.0508. The van der Waals surface area contributed by atoms with Gasteiger partial charge in [-0.05, 0) is 104 Å². The summed E-state index contributed by atoms with van der Waals surface area (Å²) >= 11 is 0. The van der Waals surface area contributed by atoms with Crippen molar-refractivity contribution in [1.29, 1.82) is 0 Å². The third-order valence-corrected chi connectivity index (χ3v) is 10.5. The fourth-order valence-corrected chi connectivity index (χ4v) is 8.68. The lowest BCUT2D eigenvalue weighted by Gasteiger charge is -2.60. The zero-order chi connectivity index (χ0) is 23.0. The van der Waals surface area contributed by atoms with Gasteiger partial charge in [0.05, 0.1) is 19.3 Å². The largest absolute Gasteiger partial charge is 0.493 e. The fraction of sp³-hybridized carbons (Fsp3) is 0.714. The first-order valence-corrected chi connectivity index (χ1v) is 12.9. The summed E-state index contributed by atoms with van der Waals surface area (Å²) in [6.07, 6.45) is 10.5. The topological polar surface area (TPSA) is 68.2 Å². The van der Waals surface area contributed by atoms with Crippen LogP contribution in [-0.2, 0) is 0 Å². The minimum Gasteiger partial charge on any atom is -0.493 e. The summed E-state index contributed by atoms with van der Waals surface area (Å²) in [4.78, 5) is 0. The Hall–Kier alpha value is -1.72. The van der Waals surface area contributed by atoms with Crippen LogP contribution in [-0.4, -0.2) is 36.3 Å². The number of fused-ring (bicyclic) bond motifs is 6. The summed E-state index contributed by atoms with van der Waals surface area (Å²) in [5, 5.41) is 21.8. The van der Waals surface area contributed by atoms with Crippen LogP contribution in [0.15, 0.2) is 17.7 Å². The highest BCUT2D eigenvalue weighted by Gasteiger charge is 2.61. The van der Waals surface area contributed by atoms with Gasteiger partial charge in [0.2, 0.25) is 12.5 Å².